The molecule has 0 unspecified atom stereocenters. The van der Waals surface area contributed by atoms with Gasteiger partial charge in [0.15, 0.2) is 5.58 Å². The van der Waals surface area contributed by atoms with Crippen LogP contribution in [0.1, 0.15) is 5.56 Å². The second-order valence-electron chi connectivity index (χ2n) is 5.12. The van der Waals surface area contributed by atoms with Crippen molar-refractivity contribution in [1.29, 1.82) is 0 Å². The van der Waals surface area contributed by atoms with E-state index in [2.05, 4.69) is 9.88 Å². The number of piperazine rings is 1. The van der Waals surface area contributed by atoms with Crippen molar-refractivity contribution in [3.63, 3.8) is 0 Å². The Balaban J connectivity index is 1.71. The summed E-state index contributed by atoms with van der Waals surface area (Å²) in [6, 6.07) is 6.57. The number of hydrogen-bond donors (Lipinski definition) is 1. The largest absolute Gasteiger partial charge is 0.480 e. The molecule has 1 aromatic carbocycles. The van der Waals surface area contributed by atoms with Crippen LogP contribution in [-0.4, -0.2) is 53.7 Å². The number of rotatable bonds is 3. The SMILES string of the molecule is Cc1ccc2nc(N3CCN(CC(=O)O)CC3)oc2c1. The predicted octanol–water partition coefficient (Wildman–Crippen LogP) is 1.34. The van der Waals surface area contributed by atoms with E-state index in [1.54, 1.807) is 0 Å². The third-order valence-electron chi connectivity index (χ3n) is 3.53. The maximum Gasteiger partial charge on any atom is 0.317 e. The van der Waals surface area contributed by atoms with Crippen molar-refractivity contribution in [2.24, 2.45) is 0 Å². The maximum atomic E-state index is 10.7. The number of aryl methyl sites for hydroxylation is 1. The van der Waals surface area contributed by atoms with Crippen LogP contribution in [-0.2, 0) is 4.79 Å². The van der Waals surface area contributed by atoms with Gasteiger partial charge in [0.1, 0.15) is 5.52 Å². The Morgan fingerprint density at radius 2 is 2.10 bits per heavy atom. The Morgan fingerprint density at radius 1 is 1.35 bits per heavy atom. The third-order valence-corrected chi connectivity index (χ3v) is 3.53. The minimum Gasteiger partial charge on any atom is -0.480 e. The highest BCUT2D eigenvalue weighted by Gasteiger charge is 2.22. The van der Waals surface area contributed by atoms with E-state index < -0.39 is 5.97 Å². The molecule has 0 aliphatic carbocycles. The number of nitrogens with zero attached hydrogens (tertiary/aromatic N) is 3. The standard InChI is InChI=1S/C14H17N3O3/c1-10-2-3-11-12(8-10)20-14(15-11)17-6-4-16(5-7-17)9-13(18)19/h2-3,8H,4-7,9H2,1H3,(H,18,19). The summed E-state index contributed by atoms with van der Waals surface area (Å²) in [5.74, 6) is -0.782. The Morgan fingerprint density at radius 3 is 2.80 bits per heavy atom. The molecule has 106 valence electrons. The quantitative estimate of drug-likeness (QED) is 0.911. The van der Waals surface area contributed by atoms with E-state index in [1.165, 1.54) is 0 Å². The molecule has 6 nitrogen and oxygen atoms in total. The molecule has 0 spiro atoms. The highest BCUT2D eigenvalue weighted by atomic mass is 16.4. The molecule has 1 saturated heterocycles. The first kappa shape index (κ1) is 12.9. The normalized spacial score (nSPS) is 16.8. The summed E-state index contributed by atoms with van der Waals surface area (Å²) < 4.78 is 5.78. The fourth-order valence-corrected chi connectivity index (χ4v) is 2.44. The molecule has 0 atom stereocenters. The van der Waals surface area contributed by atoms with Gasteiger partial charge >= 0.3 is 5.97 Å². The second-order valence-corrected chi connectivity index (χ2v) is 5.12. The van der Waals surface area contributed by atoms with Gasteiger partial charge in [-0.1, -0.05) is 6.07 Å². The van der Waals surface area contributed by atoms with Crippen LogP contribution in [0.4, 0.5) is 6.01 Å². The van der Waals surface area contributed by atoms with Gasteiger partial charge in [-0.2, -0.15) is 4.98 Å². The van der Waals surface area contributed by atoms with Gasteiger partial charge in [0, 0.05) is 26.2 Å². The molecule has 1 fully saturated rings. The summed E-state index contributed by atoms with van der Waals surface area (Å²) in [5, 5.41) is 8.78. The van der Waals surface area contributed by atoms with E-state index in [0.717, 1.165) is 29.8 Å². The lowest BCUT2D eigenvalue weighted by Crippen LogP contribution is -2.48. The molecule has 0 amide bonds. The molecule has 20 heavy (non-hydrogen) atoms. The van der Waals surface area contributed by atoms with Crippen LogP contribution in [0.5, 0.6) is 0 Å². The molecule has 0 saturated carbocycles. The zero-order valence-electron chi connectivity index (χ0n) is 11.4. The van der Waals surface area contributed by atoms with E-state index in [1.807, 2.05) is 30.0 Å². The third kappa shape index (κ3) is 2.60. The number of hydrogen-bond acceptors (Lipinski definition) is 5. The van der Waals surface area contributed by atoms with Crippen molar-refractivity contribution < 1.29 is 14.3 Å². The predicted molar refractivity (Wildman–Crippen MR) is 75.0 cm³/mol. The maximum absolute atomic E-state index is 10.7. The number of fused-ring (bicyclic) bond motifs is 1. The van der Waals surface area contributed by atoms with Gasteiger partial charge in [0.25, 0.3) is 6.01 Å². The fourth-order valence-electron chi connectivity index (χ4n) is 2.44. The zero-order chi connectivity index (χ0) is 14.1. The highest BCUT2D eigenvalue weighted by molar-refractivity contribution is 5.75. The minimum absolute atomic E-state index is 0.0978. The molecule has 2 heterocycles. The molecule has 1 aromatic heterocycles. The summed E-state index contributed by atoms with van der Waals surface area (Å²) in [6.45, 7) is 5.01. The summed E-state index contributed by atoms with van der Waals surface area (Å²) in [6.07, 6.45) is 0. The topological polar surface area (TPSA) is 69.8 Å². The van der Waals surface area contributed by atoms with Crippen LogP contribution < -0.4 is 4.90 Å². The number of oxazole rings is 1. The summed E-state index contributed by atoms with van der Waals surface area (Å²) in [7, 11) is 0. The summed E-state index contributed by atoms with van der Waals surface area (Å²) >= 11 is 0. The Kier molecular flexibility index (Phi) is 3.31. The van der Waals surface area contributed by atoms with Crippen molar-refractivity contribution in [3.05, 3.63) is 23.8 Å². The first-order valence-electron chi connectivity index (χ1n) is 6.68. The van der Waals surface area contributed by atoms with Crippen LogP contribution in [0.15, 0.2) is 22.6 Å². The summed E-state index contributed by atoms with van der Waals surface area (Å²) in [4.78, 5) is 19.2. The van der Waals surface area contributed by atoms with Crippen molar-refractivity contribution in [1.82, 2.24) is 9.88 Å². The number of carboxylic acid groups (broad SMARTS) is 1. The molecular formula is C14H17N3O3. The van der Waals surface area contributed by atoms with Gasteiger partial charge in [0.2, 0.25) is 0 Å². The molecule has 1 aliphatic heterocycles. The van der Waals surface area contributed by atoms with E-state index in [-0.39, 0.29) is 6.54 Å². The van der Waals surface area contributed by atoms with Gasteiger partial charge in [-0.25, -0.2) is 0 Å². The van der Waals surface area contributed by atoms with Crippen LogP contribution >= 0.6 is 0 Å². The second kappa shape index (κ2) is 5.13. The van der Waals surface area contributed by atoms with Crippen molar-refractivity contribution in [2.45, 2.75) is 6.92 Å². The zero-order valence-corrected chi connectivity index (χ0v) is 11.4. The monoisotopic (exact) mass is 275 g/mol. The first-order chi connectivity index (χ1) is 9.61. The van der Waals surface area contributed by atoms with E-state index in [0.29, 0.717) is 19.1 Å². The Hall–Kier alpha value is -2.08. The number of aromatic nitrogens is 1. The molecule has 1 N–H and O–H groups in total. The molecule has 0 bridgehead atoms. The lowest BCUT2D eigenvalue weighted by molar-refractivity contribution is -0.138. The lowest BCUT2D eigenvalue weighted by Gasteiger charge is -2.32. The van der Waals surface area contributed by atoms with Gasteiger partial charge in [-0.15, -0.1) is 0 Å². The number of carbonyl (C=O) groups is 1. The molecule has 6 heteroatoms. The average Bonchev–Trinajstić information content (AvgIpc) is 2.81. The number of aliphatic carboxylic acids is 1. The number of anilines is 1. The van der Waals surface area contributed by atoms with Crippen molar-refractivity contribution in [3.8, 4) is 0 Å². The van der Waals surface area contributed by atoms with Crippen LogP contribution in [0.2, 0.25) is 0 Å². The molecule has 1 aliphatic rings. The highest BCUT2D eigenvalue weighted by Crippen LogP contribution is 2.23. The first-order valence-corrected chi connectivity index (χ1v) is 6.68. The van der Waals surface area contributed by atoms with Gasteiger partial charge in [-0.3, -0.25) is 9.69 Å². The van der Waals surface area contributed by atoms with Gasteiger partial charge in [-0.05, 0) is 24.6 Å². The number of carboxylic acids is 1. The van der Waals surface area contributed by atoms with E-state index >= 15 is 0 Å². The van der Waals surface area contributed by atoms with Crippen molar-refractivity contribution >= 4 is 23.1 Å². The van der Waals surface area contributed by atoms with Gasteiger partial charge < -0.3 is 14.4 Å². The smallest absolute Gasteiger partial charge is 0.317 e. The molecule has 0 radical (unpaired) electrons. The van der Waals surface area contributed by atoms with E-state index in [4.69, 9.17) is 9.52 Å². The van der Waals surface area contributed by atoms with Gasteiger partial charge in [0.05, 0.1) is 6.54 Å². The average molecular weight is 275 g/mol. The van der Waals surface area contributed by atoms with Crippen LogP contribution in [0.3, 0.4) is 0 Å². The molecule has 3 rings (SSSR count). The van der Waals surface area contributed by atoms with E-state index in [9.17, 15) is 4.79 Å². The number of benzene rings is 1. The fraction of sp³-hybridized carbons (Fsp3) is 0.429. The van der Waals surface area contributed by atoms with Crippen LogP contribution in [0.25, 0.3) is 11.1 Å². The lowest BCUT2D eigenvalue weighted by atomic mass is 10.2. The Bertz CT molecular complexity index is 630. The molecule has 2 aromatic rings. The summed E-state index contributed by atoms with van der Waals surface area (Å²) in [5.41, 5.74) is 2.80. The van der Waals surface area contributed by atoms with Crippen LogP contribution in [0, 0.1) is 6.92 Å². The molecular weight excluding hydrogens is 258 g/mol. The Labute approximate surface area is 116 Å². The van der Waals surface area contributed by atoms with Crippen molar-refractivity contribution in [2.75, 3.05) is 37.6 Å². The minimum atomic E-state index is -0.782.